The van der Waals surface area contributed by atoms with Gasteiger partial charge in [-0.15, -0.1) is 0 Å². The highest BCUT2D eigenvalue weighted by Gasteiger charge is 2.02. The molecule has 0 saturated heterocycles. The van der Waals surface area contributed by atoms with Gasteiger partial charge in [0, 0.05) is 11.4 Å². The molecule has 0 bridgehead atoms. The molecule has 3 nitrogen and oxygen atoms in total. The summed E-state index contributed by atoms with van der Waals surface area (Å²) < 4.78 is 0. The molecule has 0 radical (unpaired) electrons. The molecule has 3 heteroatoms. The van der Waals surface area contributed by atoms with E-state index in [0.29, 0.717) is 5.84 Å². The quantitative estimate of drug-likeness (QED) is 0.662. The SMILES string of the molecule is Cc1cc(C)cc(C2=NC=C=NC=N2)c1. The van der Waals surface area contributed by atoms with Crippen LogP contribution in [0.1, 0.15) is 16.7 Å². The van der Waals surface area contributed by atoms with E-state index in [1.54, 1.807) is 0 Å². The summed E-state index contributed by atoms with van der Waals surface area (Å²) >= 11 is 0. The number of aryl methyl sites for hydroxylation is 2. The molecule has 1 aromatic rings. The third-order valence-corrected chi connectivity index (χ3v) is 2.04. The summed E-state index contributed by atoms with van der Waals surface area (Å²) in [6.07, 6.45) is 2.99. The number of amidine groups is 1. The highest BCUT2D eigenvalue weighted by atomic mass is 15.0. The summed E-state index contributed by atoms with van der Waals surface area (Å²) in [5, 5.41) is 0. The van der Waals surface area contributed by atoms with Gasteiger partial charge < -0.3 is 0 Å². The molecule has 74 valence electrons. The molecule has 0 atom stereocenters. The van der Waals surface area contributed by atoms with Crippen LogP contribution in [0.5, 0.6) is 0 Å². The van der Waals surface area contributed by atoms with Gasteiger partial charge in [-0.2, -0.15) is 4.99 Å². The smallest absolute Gasteiger partial charge is 0.161 e. The maximum absolute atomic E-state index is 4.16. The van der Waals surface area contributed by atoms with Gasteiger partial charge in [0.2, 0.25) is 0 Å². The Balaban J connectivity index is 2.46. The molecule has 1 aliphatic heterocycles. The topological polar surface area (TPSA) is 37.1 Å². The van der Waals surface area contributed by atoms with E-state index < -0.39 is 0 Å². The number of nitrogens with zero attached hydrogens (tertiary/aromatic N) is 3. The summed E-state index contributed by atoms with van der Waals surface area (Å²) in [5.74, 6) is 3.32. The van der Waals surface area contributed by atoms with E-state index in [0.717, 1.165) is 5.56 Å². The van der Waals surface area contributed by atoms with Crippen molar-refractivity contribution in [3.05, 3.63) is 41.1 Å². The van der Waals surface area contributed by atoms with Crippen LogP contribution in [0.3, 0.4) is 0 Å². The lowest BCUT2D eigenvalue weighted by atomic mass is 10.1. The third-order valence-electron chi connectivity index (χ3n) is 2.04. The van der Waals surface area contributed by atoms with Crippen LogP contribution >= 0.6 is 0 Å². The van der Waals surface area contributed by atoms with Gasteiger partial charge in [0.25, 0.3) is 0 Å². The molecular formula is C12H11N3. The molecule has 0 unspecified atom stereocenters. The average Bonchev–Trinajstić information content (AvgIpc) is 2.43. The number of benzene rings is 1. The average molecular weight is 197 g/mol. The second-order valence-electron chi connectivity index (χ2n) is 3.46. The standard InChI is InChI=1S/C12H11N3/c1-9-5-10(2)7-11(6-9)12-14-4-3-13-8-15-12/h4-8H,1-2H3. The van der Waals surface area contributed by atoms with Crippen LogP contribution in [0.2, 0.25) is 0 Å². The van der Waals surface area contributed by atoms with Gasteiger partial charge in [-0.1, -0.05) is 17.2 Å². The van der Waals surface area contributed by atoms with Crippen LogP contribution in [0, 0.1) is 13.8 Å². The summed E-state index contributed by atoms with van der Waals surface area (Å²) in [6, 6.07) is 6.24. The van der Waals surface area contributed by atoms with E-state index in [2.05, 4.69) is 52.9 Å². The van der Waals surface area contributed by atoms with E-state index in [9.17, 15) is 0 Å². The van der Waals surface area contributed by atoms with Gasteiger partial charge in [0.1, 0.15) is 6.34 Å². The van der Waals surface area contributed by atoms with Crippen LogP contribution in [0.4, 0.5) is 0 Å². The molecule has 0 aromatic heterocycles. The van der Waals surface area contributed by atoms with E-state index in [1.165, 1.54) is 23.7 Å². The monoisotopic (exact) mass is 197 g/mol. The Morgan fingerprint density at radius 3 is 2.53 bits per heavy atom. The van der Waals surface area contributed by atoms with Crippen molar-refractivity contribution in [3.8, 4) is 0 Å². The zero-order chi connectivity index (χ0) is 10.7. The molecule has 0 amide bonds. The van der Waals surface area contributed by atoms with Gasteiger partial charge in [0.15, 0.2) is 5.84 Å². The van der Waals surface area contributed by atoms with Crippen molar-refractivity contribution >= 4 is 18.0 Å². The summed E-state index contributed by atoms with van der Waals surface area (Å²) in [5.41, 5.74) is 3.42. The Labute approximate surface area is 88.6 Å². The maximum atomic E-state index is 4.16. The minimum atomic E-state index is 0.676. The van der Waals surface area contributed by atoms with Crippen molar-refractivity contribution in [2.45, 2.75) is 13.8 Å². The zero-order valence-electron chi connectivity index (χ0n) is 8.73. The molecule has 0 N–H and O–H groups in total. The second-order valence-corrected chi connectivity index (χ2v) is 3.46. The van der Waals surface area contributed by atoms with Crippen LogP contribution in [-0.2, 0) is 0 Å². The molecular weight excluding hydrogens is 186 g/mol. The van der Waals surface area contributed by atoms with Gasteiger partial charge in [-0.3, -0.25) is 0 Å². The molecule has 2 rings (SSSR count). The predicted molar refractivity (Wildman–Crippen MR) is 63.0 cm³/mol. The Morgan fingerprint density at radius 2 is 1.80 bits per heavy atom. The van der Waals surface area contributed by atoms with E-state index >= 15 is 0 Å². The first-order valence-electron chi connectivity index (χ1n) is 4.72. The predicted octanol–water partition coefficient (Wildman–Crippen LogP) is 2.28. The minimum absolute atomic E-state index is 0.676. The lowest BCUT2D eigenvalue weighted by Crippen LogP contribution is -1.97. The summed E-state index contributed by atoms with van der Waals surface area (Å²) in [6.45, 7) is 4.12. The van der Waals surface area contributed by atoms with Gasteiger partial charge in [-0.25, -0.2) is 9.98 Å². The minimum Gasteiger partial charge on any atom is -0.226 e. The highest BCUT2D eigenvalue weighted by molar-refractivity contribution is 6.04. The molecule has 15 heavy (non-hydrogen) atoms. The first-order chi connectivity index (χ1) is 7.25. The van der Waals surface area contributed by atoms with Crippen LogP contribution in [-0.4, -0.2) is 18.0 Å². The first kappa shape index (κ1) is 9.56. The lowest BCUT2D eigenvalue weighted by Gasteiger charge is -2.02. The van der Waals surface area contributed by atoms with Crippen molar-refractivity contribution in [1.82, 2.24) is 0 Å². The van der Waals surface area contributed by atoms with Gasteiger partial charge >= 0.3 is 0 Å². The van der Waals surface area contributed by atoms with E-state index in [4.69, 9.17) is 0 Å². The van der Waals surface area contributed by atoms with Crippen LogP contribution < -0.4 is 0 Å². The molecule has 1 heterocycles. The number of rotatable bonds is 1. The Hall–Kier alpha value is -1.99. The lowest BCUT2D eigenvalue weighted by molar-refractivity contribution is 1.36. The first-order valence-corrected chi connectivity index (χ1v) is 4.72. The van der Waals surface area contributed by atoms with Crippen molar-refractivity contribution in [1.29, 1.82) is 0 Å². The van der Waals surface area contributed by atoms with Crippen LogP contribution in [0.25, 0.3) is 0 Å². The number of hydrogen-bond acceptors (Lipinski definition) is 3. The van der Waals surface area contributed by atoms with Crippen molar-refractivity contribution in [2.24, 2.45) is 15.0 Å². The van der Waals surface area contributed by atoms with E-state index in [-0.39, 0.29) is 0 Å². The van der Waals surface area contributed by atoms with Crippen LogP contribution in [0.15, 0.2) is 39.4 Å². The fourth-order valence-electron chi connectivity index (χ4n) is 1.53. The zero-order valence-corrected chi connectivity index (χ0v) is 8.73. The molecule has 0 spiro atoms. The van der Waals surface area contributed by atoms with Gasteiger partial charge in [0.05, 0.1) is 6.20 Å². The number of aliphatic imine (C=N–C) groups is 3. The normalized spacial score (nSPS) is 13.9. The van der Waals surface area contributed by atoms with E-state index in [1.807, 2.05) is 0 Å². The Kier molecular flexibility index (Phi) is 2.57. The molecule has 0 fully saturated rings. The highest BCUT2D eigenvalue weighted by Crippen LogP contribution is 2.11. The van der Waals surface area contributed by atoms with Crippen molar-refractivity contribution in [2.75, 3.05) is 0 Å². The third kappa shape index (κ3) is 2.27. The number of hydrogen-bond donors (Lipinski definition) is 0. The summed E-state index contributed by atoms with van der Waals surface area (Å²) in [7, 11) is 0. The molecule has 0 saturated carbocycles. The molecule has 0 aliphatic carbocycles. The van der Waals surface area contributed by atoms with Crippen molar-refractivity contribution in [3.63, 3.8) is 0 Å². The molecule has 1 aromatic carbocycles. The largest absolute Gasteiger partial charge is 0.226 e. The summed E-state index contributed by atoms with van der Waals surface area (Å²) in [4.78, 5) is 12.1. The Bertz CT molecular complexity index is 483. The molecule has 1 aliphatic rings. The maximum Gasteiger partial charge on any atom is 0.161 e. The second kappa shape index (κ2) is 4.03. The Morgan fingerprint density at radius 1 is 1.07 bits per heavy atom. The fourth-order valence-corrected chi connectivity index (χ4v) is 1.53. The van der Waals surface area contributed by atoms with Crippen molar-refractivity contribution < 1.29 is 0 Å². The fraction of sp³-hybridized carbons (Fsp3) is 0.167. The van der Waals surface area contributed by atoms with Gasteiger partial charge in [-0.05, 0) is 26.0 Å².